The zero-order chi connectivity index (χ0) is 11.5. The van der Waals surface area contributed by atoms with E-state index >= 15 is 0 Å². The molecule has 3 heteroatoms. The van der Waals surface area contributed by atoms with Crippen LogP contribution in [0.25, 0.3) is 0 Å². The van der Waals surface area contributed by atoms with E-state index < -0.39 is 0 Å². The van der Waals surface area contributed by atoms with Crippen molar-refractivity contribution in [1.29, 1.82) is 0 Å². The van der Waals surface area contributed by atoms with Crippen LogP contribution < -0.4 is 5.84 Å². The Kier molecular flexibility index (Phi) is 4.33. The van der Waals surface area contributed by atoms with Crippen LogP contribution in [0, 0.1) is 5.41 Å². The number of hydrazine groups is 1. The molecule has 0 radical (unpaired) electrons. The van der Waals surface area contributed by atoms with Gasteiger partial charge >= 0.3 is 0 Å². The van der Waals surface area contributed by atoms with Crippen molar-refractivity contribution in [2.24, 2.45) is 11.3 Å². The molecule has 0 aromatic rings. The summed E-state index contributed by atoms with van der Waals surface area (Å²) in [4.78, 5) is 0. The van der Waals surface area contributed by atoms with Crippen molar-refractivity contribution in [3.63, 3.8) is 0 Å². The highest BCUT2D eigenvalue weighted by atomic mass is 19.1. The lowest BCUT2D eigenvalue weighted by molar-refractivity contribution is 0.307. The lowest BCUT2D eigenvalue weighted by Gasteiger charge is -2.26. The Morgan fingerprint density at radius 3 is 2.00 bits per heavy atom. The number of halogens is 1. The van der Waals surface area contributed by atoms with E-state index in [1.54, 1.807) is 0 Å². The largest absolute Gasteiger partial charge is 0.290 e. The van der Waals surface area contributed by atoms with Crippen molar-refractivity contribution in [1.82, 2.24) is 5.01 Å². The van der Waals surface area contributed by atoms with Crippen molar-refractivity contribution in [3.05, 3.63) is 23.2 Å². The van der Waals surface area contributed by atoms with Crippen LogP contribution in [0.5, 0.6) is 0 Å². The van der Waals surface area contributed by atoms with Gasteiger partial charge in [-0.3, -0.25) is 5.01 Å². The first-order valence-electron chi connectivity index (χ1n) is 4.73. The van der Waals surface area contributed by atoms with Gasteiger partial charge in [-0.2, -0.15) is 4.39 Å². The Morgan fingerprint density at radius 2 is 1.79 bits per heavy atom. The van der Waals surface area contributed by atoms with Gasteiger partial charge in [0.2, 0.25) is 5.95 Å². The van der Waals surface area contributed by atoms with E-state index in [4.69, 9.17) is 5.84 Å². The fourth-order valence-electron chi connectivity index (χ4n) is 1.38. The molecule has 2 nitrogen and oxygen atoms in total. The Bertz CT molecular complexity index is 257. The SMILES string of the molecule is C/C=C(C)\C(=C(\F)N(C)N)C(C)(C)C. The van der Waals surface area contributed by atoms with Crippen molar-refractivity contribution in [2.45, 2.75) is 34.6 Å². The van der Waals surface area contributed by atoms with Crippen molar-refractivity contribution in [2.75, 3.05) is 7.05 Å². The van der Waals surface area contributed by atoms with Crippen molar-refractivity contribution < 1.29 is 4.39 Å². The third kappa shape index (κ3) is 3.14. The zero-order valence-corrected chi connectivity index (χ0v) is 9.98. The highest BCUT2D eigenvalue weighted by molar-refractivity contribution is 5.35. The first kappa shape index (κ1) is 13.2. The molecular weight excluding hydrogens is 179 g/mol. The van der Waals surface area contributed by atoms with Gasteiger partial charge < -0.3 is 0 Å². The predicted octanol–water partition coefficient (Wildman–Crippen LogP) is 2.99. The summed E-state index contributed by atoms with van der Waals surface area (Å²) >= 11 is 0. The van der Waals surface area contributed by atoms with Crippen LogP contribution in [-0.2, 0) is 0 Å². The van der Waals surface area contributed by atoms with Gasteiger partial charge in [-0.05, 0) is 24.8 Å². The summed E-state index contributed by atoms with van der Waals surface area (Å²) in [6, 6.07) is 0. The van der Waals surface area contributed by atoms with Gasteiger partial charge in [-0.25, -0.2) is 5.84 Å². The molecule has 0 amide bonds. The number of nitrogens with zero attached hydrogens (tertiary/aromatic N) is 1. The number of allylic oxidation sites excluding steroid dienone is 3. The lowest BCUT2D eigenvalue weighted by atomic mass is 9.82. The average Bonchev–Trinajstić information content (AvgIpc) is 2.01. The average molecular weight is 200 g/mol. The van der Waals surface area contributed by atoms with Gasteiger partial charge in [0.1, 0.15) is 0 Å². The third-order valence-corrected chi connectivity index (χ3v) is 2.09. The number of rotatable bonds is 2. The van der Waals surface area contributed by atoms with Crippen LogP contribution >= 0.6 is 0 Å². The van der Waals surface area contributed by atoms with E-state index in [1.807, 2.05) is 40.7 Å². The molecular formula is C11H21FN2. The molecule has 82 valence electrons. The van der Waals surface area contributed by atoms with Gasteiger partial charge in [-0.1, -0.05) is 26.8 Å². The van der Waals surface area contributed by atoms with Gasteiger partial charge in [0.05, 0.1) is 0 Å². The smallest absolute Gasteiger partial charge is 0.207 e. The summed E-state index contributed by atoms with van der Waals surface area (Å²) in [5, 5.41) is 1.02. The van der Waals surface area contributed by atoms with Crippen LogP contribution in [0.1, 0.15) is 34.6 Å². The van der Waals surface area contributed by atoms with Crippen LogP contribution in [0.3, 0.4) is 0 Å². The van der Waals surface area contributed by atoms with E-state index in [0.717, 1.165) is 10.6 Å². The number of nitrogens with two attached hydrogens (primary N) is 1. The second kappa shape index (κ2) is 4.60. The predicted molar refractivity (Wildman–Crippen MR) is 59.0 cm³/mol. The van der Waals surface area contributed by atoms with Gasteiger partial charge in [-0.15, -0.1) is 0 Å². The molecule has 14 heavy (non-hydrogen) atoms. The second-order valence-electron chi connectivity index (χ2n) is 4.50. The molecule has 0 unspecified atom stereocenters. The van der Waals surface area contributed by atoms with Crippen LogP contribution in [0.15, 0.2) is 23.2 Å². The molecule has 0 heterocycles. The molecule has 0 spiro atoms. The molecule has 0 fully saturated rings. The van der Waals surface area contributed by atoms with Gasteiger partial charge in [0, 0.05) is 12.6 Å². The first-order chi connectivity index (χ1) is 6.21. The Labute approximate surface area is 86.2 Å². The van der Waals surface area contributed by atoms with E-state index in [-0.39, 0.29) is 11.4 Å². The summed E-state index contributed by atoms with van der Waals surface area (Å²) in [6.07, 6.45) is 1.89. The lowest BCUT2D eigenvalue weighted by Crippen LogP contribution is -2.27. The fourth-order valence-corrected chi connectivity index (χ4v) is 1.38. The topological polar surface area (TPSA) is 29.3 Å². The monoisotopic (exact) mass is 200 g/mol. The quantitative estimate of drug-likeness (QED) is 0.321. The van der Waals surface area contributed by atoms with Crippen LogP contribution in [0.2, 0.25) is 0 Å². The van der Waals surface area contributed by atoms with E-state index in [0.29, 0.717) is 5.57 Å². The number of hydrogen-bond donors (Lipinski definition) is 1. The Balaban J connectivity index is 5.44. The molecule has 0 bridgehead atoms. The molecule has 0 rings (SSSR count). The standard InChI is InChI=1S/C11H21FN2/c1-7-8(2)9(11(3,4)5)10(12)14(6)13/h7H,13H2,1-6H3/b8-7-,10-9+. The minimum atomic E-state index is -0.367. The minimum Gasteiger partial charge on any atom is -0.290 e. The maximum atomic E-state index is 13.8. The minimum absolute atomic E-state index is 0.242. The van der Waals surface area contributed by atoms with Crippen LogP contribution in [0.4, 0.5) is 4.39 Å². The summed E-state index contributed by atoms with van der Waals surface area (Å²) in [7, 11) is 1.50. The zero-order valence-electron chi connectivity index (χ0n) is 9.98. The number of hydrogen-bond acceptors (Lipinski definition) is 2. The fraction of sp³-hybridized carbons (Fsp3) is 0.636. The van der Waals surface area contributed by atoms with Crippen molar-refractivity contribution >= 4 is 0 Å². The molecule has 0 aliphatic carbocycles. The molecule has 0 saturated carbocycles. The molecule has 0 aliphatic rings. The normalized spacial score (nSPS) is 15.3. The van der Waals surface area contributed by atoms with Crippen LogP contribution in [-0.4, -0.2) is 12.1 Å². The van der Waals surface area contributed by atoms with Gasteiger partial charge in [0.25, 0.3) is 0 Å². The highest BCUT2D eigenvalue weighted by Crippen LogP contribution is 2.34. The molecule has 0 atom stereocenters. The summed E-state index contributed by atoms with van der Waals surface area (Å²) < 4.78 is 13.8. The van der Waals surface area contributed by atoms with E-state index in [9.17, 15) is 4.39 Å². The van der Waals surface area contributed by atoms with Gasteiger partial charge in [0.15, 0.2) is 0 Å². The molecule has 0 aliphatic heterocycles. The third-order valence-electron chi connectivity index (χ3n) is 2.09. The maximum absolute atomic E-state index is 13.8. The second-order valence-corrected chi connectivity index (χ2v) is 4.50. The molecule has 0 saturated heterocycles. The molecule has 2 N–H and O–H groups in total. The first-order valence-corrected chi connectivity index (χ1v) is 4.73. The van der Waals surface area contributed by atoms with E-state index in [1.165, 1.54) is 7.05 Å². The Hall–Kier alpha value is -0.830. The summed E-state index contributed by atoms with van der Waals surface area (Å²) in [5.74, 6) is 5.03. The molecule has 0 aromatic heterocycles. The molecule has 0 aromatic carbocycles. The summed E-state index contributed by atoms with van der Waals surface area (Å²) in [6.45, 7) is 9.70. The van der Waals surface area contributed by atoms with Crippen molar-refractivity contribution in [3.8, 4) is 0 Å². The Morgan fingerprint density at radius 1 is 1.36 bits per heavy atom. The van der Waals surface area contributed by atoms with E-state index in [2.05, 4.69) is 0 Å². The maximum Gasteiger partial charge on any atom is 0.207 e. The highest BCUT2D eigenvalue weighted by Gasteiger charge is 2.24. The summed E-state index contributed by atoms with van der Waals surface area (Å²) in [5.41, 5.74) is 1.34.